The number of rotatable bonds is 6. The molecule has 0 spiro atoms. The van der Waals surface area contributed by atoms with Gasteiger partial charge in [0.2, 0.25) is 0 Å². The molecule has 5 nitrogen and oxygen atoms in total. The van der Waals surface area contributed by atoms with E-state index in [2.05, 4.69) is 26.6 Å². The topological polar surface area (TPSA) is 56.5 Å². The normalized spacial score (nSPS) is 16.5. The van der Waals surface area contributed by atoms with Gasteiger partial charge in [-0.2, -0.15) is 0 Å². The Balaban J connectivity index is 1.54. The number of para-hydroxylation sites is 3. The second kappa shape index (κ2) is 8.42. The van der Waals surface area contributed by atoms with Crippen LogP contribution >= 0.6 is 15.9 Å². The third-order valence-electron chi connectivity index (χ3n) is 4.93. The molecule has 3 aromatic rings. The Hall–Kier alpha value is -1.89. The number of aliphatic hydroxyl groups is 1. The van der Waals surface area contributed by atoms with Crippen molar-refractivity contribution in [2.24, 2.45) is 0 Å². The molecule has 0 amide bonds. The molecule has 0 bridgehead atoms. The minimum absolute atomic E-state index is 0.225. The van der Waals surface area contributed by atoms with Gasteiger partial charge in [0.15, 0.2) is 0 Å². The first kappa shape index (κ1) is 18.5. The molecule has 27 heavy (non-hydrogen) atoms. The average molecular weight is 431 g/mol. The fourth-order valence-electron chi connectivity index (χ4n) is 3.56. The molecule has 1 aliphatic heterocycles. The Labute approximate surface area is 167 Å². The van der Waals surface area contributed by atoms with Crippen LogP contribution in [0, 0.1) is 0 Å². The van der Waals surface area contributed by atoms with Crippen molar-refractivity contribution in [2.75, 3.05) is 19.8 Å². The zero-order chi connectivity index (χ0) is 18.6. The highest BCUT2D eigenvalue weighted by Crippen LogP contribution is 2.30. The van der Waals surface area contributed by atoms with Crippen LogP contribution in [0.1, 0.15) is 24.6 Å². The quantitative estimate of drug-likeness (QED) is 0.638. The summed E-state index contributed by atoms with van der Waals surface area (Å²) in [5, 5.41) is 10.6. The molecule has 0 saturated carbocycles. The lowest BCUT2D eigenvalue weighted by atomic mass is 9.99. The first-order valence-corrected chi connectivity index (χ1v) is 10.1. The molecule has 1 fully saturated rings. The molecule has 0 aliphatic carbocycles. The summed E-state index contributed by atoms with van der Waals surface area (Å²) < 4.78 is 14.3. The molecule has 1 unspecified atom stereocenters. The number of fused-ring (bicyclic) bond motifs is 1. The number of hydrogen-bond donors (Lipinski definition) is 1. The number of aromatic nitrogens is 2. The minimum Gasteiger partial charge on any atom is -0.490 e. The lowest BCUT2D eigenvalue weighted by Crippen LogP contribution is -2.26. The van der Waals surface area contributed by atoms with Gasteiger partial charge in [0, 0.05) is 19.1 Å². The molecule has 2 aromatic carbocycles. The van der Waals surface area contributed by atoms with Crippen molar-refractivity contribution in [3.05, 3.63) is 58.8 Å². The Bertz CT molecular complexity index is 905. The zero-order valence-electron chi connectivity index (χ0n) is 15.1. The van der Waals surface area contributed by atoms with Crippen LogP contribution < -0.4 is 4.74 Å². The van der Waals surface area contributed by atoms with Crippen LogP contribution in [-0.2, 0) is 11.3 Å². The molecular formula is C21H23BrN2O3. The van der Waals surface area contributed by atoms with Crippen molar-refractivity contribution in [3.8, 4) is 5.75 Å². The van der Waals surface area contributed by atoms with Crippen molar-refractivity contribution in [1.82, 2.24) is 9.55 Å². The zero-order valence-corrected chi connectivity index (χ0v) is 16.6. The van der Waals surface area contributed by atoms with Crippen LogP contribution in [0.3, 0.4) is 0 Å². The molecular weight excluding hydrogens is 408 g/mol. The number of hydrogen-bond acceptors (Lipinski definition) is 4. The predicted molar refractivity (Wildman–Crippen MR) is 108 cm³/mol. The summed E-state index contributed by atoms with van der Waals surface area (Å²) in [4.78, 5) is 4.87. The van der Waals surface area contributed by atoms with Crippen molar-refractivity contribution in [3.63, 3.8) is 0 Å². The molecule has 4 rings (SSSR count). The fraction of sp³-hybridized carbons (Fsp3) is 0.381. The van der Waals surface area contributed by atoms with Gasteiger partial charge in [-0.25, -0.2) is 4.98 Å². The van der Waals surface area contributed by atoms with Crippen molar-refractivity contribution in [2.45, 2.75) is 31.4 Å². The van der Waals surface area contributed by atoms with Gasteiger partial charge < -0.3 is 19.1 Å². The van der Waals surface area contributed by atoms with E-state index in [-0.39, 0.29) is 6.61 Å². The summed E-state index contributed by atoms with van der Waals surface area (Å²) in [7, 11) is 0. The van der Waals surface area contributed by atoms with E-state index in [1.54, 1.807) is 0 Å². The van der Waals surface area contributed by atoms with E-state index >= 15 is 0 Å². The average Bonchev–Trinajstić information content (AvgIpc) is 3.06. The third-order valence-corrected chi connectivity index (χ3v) is 5.59. The van der Waals surface area contributed by atoms with Gasteiger partial charge in [0.05, 0.1) is 22.1 Å². The number of aliphatic hydroxyl groups excluding tert-OH is 1. The molecule has 1 aliphatic rings. The second-order valence-corrected chi connectivity index (χ2v) is 7.71. The van der Waals surface area contributed by atoms with Crippen molar-refractivity contribution in [1.29, 1.82) is 0 Å². The molecule has 142 valence electrons. The van der Waals surface area contributed by atoms with Crippen LogP contribution in [0.25, 0.3) is 11.0 Å². The summed E-state index contributed by atoms with van der Waals surface area (Å²) in [5.74, 6) is 2.14. The fourth-order valence-corrected chi connectivity index (χ4v) is 3.96. The highest BCUT2D eigenvalue weighted by Gasteiger charge is 2.24. The monoisotopic (exact) mass is 430 g/mol. The van der Waals surface area contributed by atoms with Gasteiger partial charge >= 0.3 is 0 Å². The van der Waals surface area contributed by atoms with Crippen LogP contribution in [0.5, 0.6) is 5.75 Å². The maximum absolute atomic E-state index is 10.6. The smallest absolute Gasteiger partial charge is 0.133 e. The molecule has 2 heterocycles. The van der Waals surface area contributed by atoms with Gasteiger partial charge in [0.1, 0.15) is 24.3 Å². The minimum atomic E-state index is -0.631. The maximum atomic E-state index is 10.6. The van der Waals surface area contributed by atoms with Gasteiger partial charge in [-0.05, 0) is 53.0 Å². The van der Waals surface area contributed by atoms with Crippen LogP contribution in [-0.4, -0.2) is 40.6 Å². The van der Waals surface area contributed by atoms with E-state index in [4.69, 9.17) is 14.5 Å². The maximum Gasteiger partial charge on any atom is 0.133 e. The van der Waals surface area contributed by atoms with Crippen molar-refractivity contribution >= 4 is 27.0 Å². The van der Waals surface area contributed by atoms with E-state index in [1.807, 2.05) is 42.5 Å². The van der Waals surface area contributed by atoms with Crippen molar-refractivity contribution < 1.29 is 14.6 Å². The molecule has 6 heteroatoms. The molecule has 1 N–H and O–H groups in total. The molecule has 0 radical (unpaired) electrons. The highest BCUT2D eigenvalue weighted by molar-refractivity contribution is 9.10. The second-order valence-electron chi connectivity index (χ2n) is 6.85. The third kappa shape index (κ3) is 4.18. The summed E-state index contributed by atoms with van der Waals surface area (Å²) in [6, 6.07) is 15.8. The number of imidazole rings is 1. The van der Waals surface area contributed by atoms with E-state index < -0.39 is 6.10 Å². The van der Waals surface area contributed by atoms with Gasteiger partial charge in [0.25, 0.3) is 0 Å². The Morgan fingerprint density at radius 1 is 1.15 bits per heavy atom. The van der Waals surface area contributed by atoms with Gasteiger partial charge in [-0.15, -0.1) is 0 Å². The first-order chi connectivity index (χ1) is 13.2. The molecule has 1 aromatic heterocycles. The summed E-state index contributed by atoms with van der Waals surface area (Å²) >= 11 is 3.47. The number of ether oxygens (including phenoxy) is 2. The van der Waals surface area contributed by atoms with Crippen LogP contribution in [0.4, 0.5) is 0 Å². The highest BCUT2D eigenvalue weighted by atomic mass is 79.9. The van der Waals surface area contributed by atoms with Gasteiger partial charge in [-0.3, -0.25) is 0 Å². The van der Waals surface area contributed by atoms with Crippen LogP contribution in [0.15, 0.2) is 53.0 Å². The summed E-state index contributed by atoms with van der Waals surface area (Å²) in [6.45, 7) is 2.21. The predicted octanol–water partition coefficient (Wildman–Crippen LogP) is 4.13. The number of nitrogens with zero attached hydrogens (tertiary/aromatic N) is 2. The Kier molecular flexibility index (Phi) is 5.76. The van der Waals surface area contributed by atoms with Crippen LogP contribution in [0.2, 0.25) is 0 Å². The number of benzene rings is 2. The molecule has 1 saturated heterocycles. The summed E-state index contributed by atoms with van der Waals surface area (Å²) in [5.41, 5.74) is 2.02. The first-order valence-electron chi connectivity index (χ1n) is 9.30. The van der Waals surface area contributed by atoms with Gasteiger partial charge in [-0.1, -0.05) is 24.3 Å². The molecule has 1 atom stereocenters. The largest absolute Gasteiger partial charge is 0.490 e. The standard InChI is InChI=1S/C21H23BrN2O3/c22-17-5-1-4-8-20(17)27-14-16(25)13-24-19-7-3-2-6-18(19)23-21(24)15-9-11-26-12-10-15/h1-8,15-16,25H,9-14H2. The number of halogens is 1. The van der Waals surface area contributed by atoms with E-state index in [0.717, 1.165) is 53.1 Å². The Morgan fingerprint density at radius 2 is 1.89 bits per heavy atom. The van der Waals surface area contributed by atoms with E-state index in [9.17, 15) is 5.11 Å². The Morgan fingerprint density at radius 3 is 2.70 bits per heavy atom. The summed E-state index contributed by atoms with van der Waals surface area (Å²) in [6.07, 6.45) is 1.30. The lowest BCUT2D eigenvalue weighted by molar-refractivity contribution is 0.0779. The lowest BCUT2D eigenvalue weighted by Gasteiger charge is -2.23. The van der Waals surface area contributed by atoms with E-state index in [1.165, 1.54) is 0 Å². The SMILES string of the molecule is OC(COc1ccccc1Br)Cn1c(C2CCOCC2)nc2ccccc21. The van der Waals surface area contributed by atoms with E-state index in [0.29, 0.717) is 12.5 Å².